The monoisotopic (exact) mass is 364 g/mol. The summed E-state index contributed by atoms with van der Waals surface area (Å²) in [5.74, 6) is 0.0874. The quantitative estimate of drug-likeness (QED) is 0.755. The van der Waals surface area contributed by atoms with E-state index in [0.717, 1.165) is 27.7 Å². The predicted molar refractivity (Wildman–Crippen MR) is 107 cm³/mol. The van der Waals surface area contributed by atoms with Crippen molar-refractivity contribution >= 4 is 26.4 Å². The van der Waals surface area contributed by atoms with Crippen molar-refractivity contribution in [1.82, 2.24) is 4.98 Å². The Balaban J connectivity index is 1.70. The van der Waals surface area contributed by atoms with Crippen LogP contribution in [0.25, 0.3) is 22.0 Å². The highest BCUT2D eigenvalue weighted by molar-refractivity contribution is 7.94. The van der Waals surface area contributed by atoms with E-state index in [0.29, 0.717) is 0 Å². The van der Waals surface area contributed by atoms with Crippen molar-refractivity contribution in [2.24, 2.45) is 0 Å². The molecule has 132 valence electrons. The van der Waals surface area contributed by atoms with Crippen molar-refractivity contribution in [2.45, 2.75) is 19.9 Å². The van der Waals surface area contributed by atoms with Crippen LogP contribution < -0.4 is 5.32 Å². The first-order valence-corrected chi connectivity index (χ1v) is 10.3. The van der Waals surface area contributed by atoms with Gasteiger partial charge >= 0.3 is 0 Å². The average molecular weight is 364 g/mol. The highest BCUT2D eigenvalue weighted by Gasteiger charge is 2.22. The minimum atomic E-state index is -3.08. The number of rotatable bonds is 3. The van der Waals surface area contributed by atoms with Crippen LogP contribution in [0.15, 0.2) is 60.1 Å². The molecule has 0 amide bonds. The van der Waals surface area contributed by atoms with Gasteiger partial charge in [-0.1, -0.05) is 36.4 Å². The SMILES string of the molecule is Cc1ccc(-c2cnc3c(NC4C=CS(=O)(=O)C4)cccc3c2)cc1C. The zero-order valence-electron chi connectivity index (χ0n) is 14.7. The van der Waals surface area contributed by atoms with E-state index in [-0.39, 0.29) is 11.8 Å². The average Bonchev–Trinajstić information content (AvgIpc) is 2.96. The Kier molecular flexibility index (Phi) is 4.04. The maximum absolute atomic E-state index is 11.6. The first-order chi connectivity index (χ1) is 12.4. The molecule has 0 aliphatic carbocycles. The van der Waals surface area contributed by atoms with E-state index in [1.807, 2.05) is 24.4 Å². The fourth-order valence-corrected chi connectivity index (χ4v) is 4.46. The minimum absolute atomic E-state index is 0.0874. The summed E-state index contributed by atoms with van der Waals surface area (Å²) in [7, 11) is -3.08. The number of hydrogen-bond acceptors (Lipinski definition) is 4. The molecule has 1 unspecified atom stereocenters. The van der Waals surface area contributed by atoms with Crippen molar-refractivity contribution in [3.8, 4) is 11.1 Å². The Hall–Kier alpha value is -2.66. The van der Waals surface area contributed by atoms with Gasteiger partial charge < -0.3 is 5.32 Å². The molecule has 1 aromatic heterocycles. The van der Waals surface area contributed by atoms with E-state index >= 15 is 0 Å². The Morgan fingerprint density at radius 3 is 2.62 bits per heavy atom. The summed E-state index contributed by atoms with van der Waals surface area (Å²) in [5, 5.41) is 5.59. The molecule has 1 aliphatic heterocycles. The molecule has 0 bridgehead atoms. The minimum Gasteiger partial charge on any atom is -0.376 e. The van der Waals surface area contributed by atoms with Gasteiger partial charge in [-0.3, -0.25) is 4.98 Å². The van der Waals surface area contributed by atoms with Crippen LogP contribution in [0, 0.1) is 13.8 Å². The predicted octanol–water partition coefficient (Wildman–Crippen LogP) is 4.24. The van der Waals surface area contributed by atoms with Gasteiger partial charge in [0.05, 0.1) is 23.0 Å². The molecule has 0 fully saturated rings. The summed E-state index contributed by atoms with van der Waals surface area (Å²) < 4.78 is 23.2. The molecule has 2 heterocycles. The van der Waals surface area contributed by atoms with Crippen LogP contribution in [-0.2, 0) is 9.84 Å². The van der Waals surface area contributed by atoms with E-state index in [9.17, 15) is 8.42 Å². The third-order valence-corrected chi connectivity index (χ3v) is 6.22. The molecule has 0 spiro atoms. The topological polar surface area (TPSA) is 59.1 Å². The van der Waals surface area contributed by atoms with Crippen molar-refractivity contribution in [3.05, 3.63) is 71.3 Å². The van der Waals surface area contributed by atoms with Crippen molar-refractivity contribution in [3.63, 3.8) is 0 Å². The second-order valence-corrected chi connectivity index (χ2v) is 8.74. The Bertz CT molecular complexity index is 1130. The third kappa shape index (κ3) is 3.22. The maximum atomic E-state index is 11.6. The highest BCUT2D eigenvalue weighted by Crippen LogP contribution is 2.28. The normalized spacial score (nSPS) is 18.3. The van der Waals surface area contributed by atoms with Crippen molar-refractivity contribution in [2.75, 3.05) is 11.1 Å². The number of hydrogen-bond donors (Lipinski definition) is 1. The van der Waals surface area contributed by atoms with E-state index < -0.39 is 9.84 Å². The molecule has 1 atom stereocenters. The fraction of sp³-hybridized carbons (Fsp3) is 0.190. The zero-order valence-corrected chi connectivity index (χ0v) is 15.5. The Morgan fingerprint density at radius 2 is 1.88 bits per heavy atom. The summed E-state index contributed by atoms with van der Waals surface area (Å²) in [4.78, 5) is 4.65. The largest absolute Gasteiger partial charge is 0.376 e. The first kappa shape index (κ1) is 16.8. The molecule has 0 saturated heterocycles. The van der Waals surface area contributed by atoms with Crippen LogP contribution in [-0.4, -0.2) is 25.2 Å². The number of nitrogens with zero attached hydrogens (tertiary/aromatic N) is 1. The number of pyridine rings is 1. The number of nitrogens with one attached hydrogen (secondary N) is 1. The molecule has 26 heavy (non-hydrogen) atoms. The summed E-state index contributed by atoms with van der Waals surface area (Å²) in [6, 6.07) is 14.2. The molecule has 1 aliphatic rings. The maximum Gasteiger partial charge on any atom is 0.173 e. The van der Waals surface area contributed by atoms with Crippen LogP contribution in [0.2, 0.25) is 0 Å². The van der Waals surface area contributed by atoms with Gasteiger partial charge in [-0.2, -0.15) is 0 Å². The summed E-state index contributed by atoms with van der Waals surface area (Å²) >= 11 is 0. The van der Waals surface area contributed by atoms with Crippen molar-refractivity contribution < 1.29 is 8.42 Å². The lowest BCUT2D eigenvalue weighted by Gasteiger charge is -2.14. The lowest BCUT2D eigenvalue weighted by atomic mass is 10.0. The lowest BCUT2D eigenvalue weighted by molar-refractivity contribution is 0.605. The van der Waals surface area contributed by atoms with Gasteiger partial charge in [0.1, 0.15) is 0 Å². The van der Waals surface area contributed by atoms with Gasteiger partial charge in [0, 0.05) is 22.6 Å². The van der Waals surface area contributed by atoms with Crippen LogP contribution in [0.1, 0.15) is 11.1 Å². The smallest absolute Gasteiger partial charge is 0.173 e. The van der Waals surface area contributed by atoms with E-state index in [2.05, 4.69) is 48.4 Å². The second-order valence-electron chi connectivity index (χ2n) is 6.81. The summed E-state index contributed by atoms with van der Waals surface area (Å²) in [6.07, 6.45) is 3.57. The Labute approximate surface area is 153 Å². The molecule has 4 rings (SSSR count). The number of aromatic nitrogens is 1. The molecule has 2 aromatic carbocycles. The second kappa shape index (κ2) is 6.25. The summed E-state index contributed by atoms with van der Waals surface area (Å²) in [5.41, 5.74) is 6.44. The molecule has 4 nitrogen and oxygen atoms in total. The number of benzene rings is 2. The molecule has 0 radical (unpaired) electrons. The van der Waals surface area contributed by atoms with Crippen LogP contribution in [0.3, 0.4) is 0 Å². The van der Waals surface area contributed by atoms with E-state index in [1.54, 1.807) is 6.08 Å². The number of fused-ring (bicyclic) bond motifs is 1. The van der Waals surface area contributed by atoms with E-state index in [1.165, 1.54) is 16.5 Å². The highest BCUT2D eigenvalue weighted by atomic mass is 32.2. The molecule has 0 saturated carbocycles. The summed E-state index contributed by atoms with van der Waals surface area (Å²) in [6.45, 7) is 4.21. The van der Waals surface area contributed by atoms with Crippen LogP contribution in [0.4, 0.5) is 5.69 Å². The van der Waals surface area contributed by atoms with Crippen LogP contribution in [0.5, 0.6) is 0 Å². The fourth-order valence-electron chi connectivity index (χ4n) is 3.22. The molecular formula is C21H20N2O2S. The van der Waals surface area contributed by atoms with Gasteiger partial charge in [-0.05, 0) is 42.7 Å². The number of para-hydroxylation sites is 1. The standard InChI is InChI=1S/C21H20N2O2S/c1-14-6-7-16(10-15(14)2)18-11-17-4-3-5-20(21(17)22-12-18)23-19-8-9-26(24,25)13-19/h3-12,19,23H,13H2,1-2H3. The number of aryl methyl sites for hydroxylation is 2. The number of anilines is 1. The van der Waals surface area contributed by atoms with Crippen LogP contribution >= 0.6 is 0 Å². The van der Waals surface area contributed by atoms with Crippen molar-refractivity contribution in [1.29, 1.82) is 0 Å². The van der Waals surface area contributed by atoms with Gasteiger partial charge in [0.2, 0.25) is 0 Å². The van der Waals surface area contributed by atoms with E-state index in [4.69, 9.17) is 0 Å². The van der Waals surface area contributed by atoms with Gasteiger partial charge in [-0.15, -0.1) is 0 Å². The Morgan fingerprint density at radius 1 is 1.04 bits per heavy atom. The zero-order chi connectivity index (χ0) is 18.3. The third-order valence-electron chi connectivity index (χ3n) is 4.82. The van der Waals surface area contributed by atoms with Gasteiger partial charge in [0.15, 0.2) is 9.84 Å². The first-order valence-electron chi connectivity index (χ1n) is 8.55. The molecular weight excluding hydrogens is 344 g/mol. The molecule has 5 heteroatoms. The van der Waals surface area contributed by atoms with Gasteiger partial charge in [-0.25, -0.2) is 8.42 Å². The lowest BCUT2D eigenvalue weighted by Crippen LogP contribution is -2.21. The number of sulfone groups is 1. The van der Waals surface area contributed by atoms with Gasteiger partial charge in [0.25, 0.3) is 0 Å². The molecule has 3 aromatic rings. The molecule has 1 N–H and O–H groups in total.